The number of hydrogen-bond donors (Lipinski definition) is 1. The lowest BCUT2D eigenvalue weighted by Crippen LogP contribution is -2.47. The highest BCUT2D eigenvalue weighted by Crippen LogP contribution is 2.41. The quantitative estimate of drug-likeness (QED) is 0.899. The van der Waals surface area contributed by atoms with Gasteiger partial charge in [-0.15, -0.1) is 0 Å². The van der Waals surface area contributed by atoms with E-state index in [2.05, 4.69) is 47.4 Å². The van der Waals surface area contributed by atoms with Gasteiger partial charge in [0.05, 0.1) is 0 Å². The van der Waals surface area contributed by atoms with Crippen molar-refractivity contribution < 1.29 is 0 Å². The van der Waals surface area contributed by atoms with Crippen molar-refractivity contribution in [3.8, 4) is 0 Å². The third-order valence-corrected chi connectivity index (χ3v) is 5.79. The van der Waals surface area contributed by atoms with Crippen LogP contribution in [0.15, 0.2) is 18.2 Å². The van der Waals surface area contributed by atoms with Gasteiger partial charge in [0.25, 0.3) is 0 Å². The van der Waals surface area contributed by atoms with Crippen LogP contribution in [0, 0.1) is 5.92 Å². The van der Waals surface area contributed by atoms with Crippen molar-refractivity contribution in [1.29, 1.82) is 0 Å². The summed E-state index contributed by atoms with van der Waals surface area (Å²) in [4.78, 5) is 4.79. The number of hydrogen-bond acceptors (Lipinski definition) is 3. The molecule has 1 aromatic carbocycles. The summed E-state index contributed by atoms with van der Waals surface area (Å²) in [7, 11) is 4.14. The molecular weight excluding hydrogens is 306 g/mol. The predicted octanol–water partition coefficient (Wildman–Crippen LogP) is 3.93. The Morgan fingerprint density at radius 2 is 1.83 bits per heavy atom. The number of piperazine rings is 1. The molecule has 0 amide bonds. The van der Waals surface area contributed by atoms with Crippen LogP contribution in [0.1, 0.15) is 43.7 Å². The standard InChI is InChI=1S/C19H30ClN3/c1-22(2)16-8-9-17(18(20)14-16)19(15-6-4-3-5-7-15)23-12-10-21-11-13-23/h8-9,14-15,19,21H,3-7,10-13H2,1-2H3/t19-/m0/s1. The van der Waals surface area contributed by atoms with Crippen molar-refractivity contribution >= 4 is 17.3 Å². The van der Waals surface area contributed by atoms with Gasteiger partial charge in [0.15, 0.2) is 0 Å². The molecule has 4 heteroatoms. The van der Waals surface area contributed by atoms with Crippen molar-refractivity contribution in [3.05, 3.63) is 28.8 Å². The highest BCUT2D eigenvalue weighted by atomic mass is 35.5. The van der Waals surface area contributed by atoms with Crippen LogP contribution in [0.2, 0.25) is 5.02 Å². The normalized spacial score (nSPS) is 22.0. The second-order valence-electron chi connectivity index (χ2n) is 7.23. The Bertz CT molecular complexity index is 487. The van der Waals surface area contributed by atoms with Crippen LogP contribution in [-0.2, 0) is 0 Å². The predicted molar refractivity (Wildman–Crippen MR) is 99.5 cm³/mol. The van der Waals surface area contributed by atoms with Gasteiger partial charge in [-0.25, -0.2) is 0 Å². The van der Waals surface area contributed by atoms with Crippen LogP contribution < -0.4 is 10.2 Å². The van der Waals surface area contributed by atoms with E-state index < -0.39 is 0 Å². The molecule has 1 N–H and O–H groups in total. The lowest BCUT2D eigenvalue weighted by atomic mass is 9.80. The summed E-state index contributed by atoms with van der Waals surface area (Å²) >= 11 is 6.74. The Morgan fingerprint density at radius 1 is 1.13 bits per heavy atom. The molecule has 3 nitrogen and oxygen atoms in total. The van der Waals surface area contributed by atoms with E-state index in [0.717, 1.165) is 37.1 Å². The zero-order chi connectivity index (χ0) is 16.2. The average Bonchev–Trinajstić information content (AvgIpc) is 2.58. The molecule has 3 rings (SSSR count). The van der Waals surface area contributed by atoms with E-state index in [-0.39, 0.29) is 0 Å². The van der Waals surface area contributed by atoms with E-state index in [9.17, 15) is 0 Å². The first-order valence-electron chi connectivity index (χ1n) is 9.08. The van der Waals surface area contributed by atoms with Crippen molar-refractivity contribution in [3.63, 3.8) is 0 Å². The zero-order valence-corrected chi connectivity index (χ0v) is 15.3. The summed E-state index contributed by atoms with van der Waals surface area (Å²) in [6.07, 6.45) is 6.85. The Labute approximate surface area is 146 Å². The topological polar surface area (TPSA) is 18.5 Å². The average molecular weight is 336 g/mol. The molecule has 128 valence electrons. The summed E-state index contributed by atoms with van der Waals surface area (Å²) in [5.41, 5.74) is 2.52. The lowest BCUT2D eigenvalue weighted by molar-refractivity contribution is 0.103. The summed E-state index contributed by atoms with van der Waals surface area (Å²) in [5.74, 6) is 0.754. The molecule has 2 aliphatic rings. The minimum Gasteiger partial charge on any atom is -0.378 e. The van der Waals surface area contributed by atoms with Gasteiger partial charge in [0.1, 0.15) is 0 Å². The van der Waals surface area contributed by atoms with Gasteiger partial charge >= 0.3 is 0 Å². The number of benzene rings is 1. The van der Waals surface area contributed by atoms with Crippen LogP contribution in [0.4, 0.5) is 5.69 Å². The molecule has 1 aromatic rings. The molecule has 0 spiro atoms. The Balaban J connectivity index is 1.90. The number of nitrogens with zero attached hydrogens (tertiary/aromatic N) is 2. The van der Waals surface area contributed by atoms with Crippen molar-refractivity contribution in [2.45, 2.75) is 38.1 Å². The maximum Gasteiger partial charge on any atom is 0.0474 e. The van der Waals surface area contributed by atoms with E-state index in [4.69, 9.17) is 11.6 Å². The third kappa shape index (κ3) is 4.01. The fourth-order valence-electron chi connectivity index (χ4n) is 4.19. The Morgan fingerprint density at radius 3 is 2.43 bits per heavy atom. The smallest absolute Gasteiger partial charge is 0.0474 e. The van der Waals surface area contributed by atoms with E-state index in [0.29, 0.717) is 6.04 Å². The monoisotopic (exact) mass is 335 g/mol. The summed E-state index contributed by atoms with van der Waals surface area (Å²) in [6, 6.07) is 7.12. The number of rotatable bonds is 4. The van der Waals surface area contributed by atoms with Crippen LogP contribution in [-0.4, -0.2) is 45.2 Å². The highest BCUT2D eigenvalue weighted by molar-refractivity contribution is 6.31. The number of anilines is 1. The van der Waals surface area contributed by atoms with Crippen LogP contribution in [0.25, 0.3) is 0 Å². The van der Waals surface area contributed by atoms with Gasteiger partial charge in [-0.1, -0.05) is 36.9 Å². The molecule has 0 bridgehead atoms. The van der Waals surface area contributed by atoms with E-state index in [1.165, 1.54) is 43.4 Å². The highest BCUT2D eigenvalue weighted by Gasteiger charge is 2.32. The maximum atomic E-state index is 6.74. The van der Waals surface area contributed by atoms with Gasteiger partial charge in [0.2, 0.25) is 0 Å². The molecule has 1 heterocycles. The van der Waals surface area contributed by atoms with E-state index in [1.54, 1.807) is 0 Å². The van der Waals surface area contributed by atoms with Gasteiger partial charge in [0, 0.05) is 57.0 Å². The first-order chi connectivity index (χ1) is 11.2. The Hall–Kier alpha value is -0.770. The first-order valence-corrected chi connectivity index (χ1v) is 9.46. The second-order valence-corrected chi connectivity index (χ2v) is 7.64. The van der Waals surface area contributed by atoms with E-state index in [1.807, 2.05) is 0 Å². The van der Waals surface area contributed by atoms with Crippen molar-refractivity contribution in [2.24, 2.45) is 5.92 Å². The summed E-state index contributed by atoms with van der Waals surface area (Å²) in [6.45, 7) is 4.45. The molecule has 1 saturated heterocycles. The van der Waals surface area contributed by atoms with Crippen molar-refractivity contribution in [1.82, 2.24) is 10.2 Å². The molecule has 2 fully saturated rings. The molecule has 0 radical (unpaired) electrons. The van der Waals surface area contributed by atoms with E-state index >= 15 is 0 Å². The molecule has 1 aliphatic heterocycles. The van der Waals surface area contributed by atoms with Crippen LogP contribution in [0.3, 0.4) is 0 Å². The van der Waals surface area contributed by atoms with Crippen LogP contribution in [0.5, 0.6) is 0 Å². The molecule has 23 heavy (non-hydrogen) atoms. The van der Waals surface area contributed by atoms with Gasteiger partial charge < -0.3 is 10.2 Å². The van der Waals surface area contributed by atoms with Crippen molar-refractivity contribution in [2.75, 3.05) is 45.2 Å². The minimum atomic E-state index is 0.487. The molecule has 0 aromatic heterocycles. The van der Waals surface area contributed by atoms with Gasteiger partial charge in [-0.05, 0) is 36.5 Å². The molecule has 1 aliphatic carbocycles. The summed E-state index contributed by atoms with van der Waals surface area (Å²) < 4.78 is 0. The zero-order valence-electron chi connectivity index (χ0n) is 14.5. The van der Waals surface area contributed by atoms with Gasteiger partial charge in [-0.3, -0.25) is 4.90 Å². The SMILES string of the molecule is CN(C)c1ccc([C@H](C2CCCCC2)N2CCNCC2)c(Cl)c1. The molecular formula is C19H30ClN3. The number of nitrogens with one attached hydrogen (secondary N) is 1. The molecule has 0 unspecified atom stereocenters. The fourth-order valence-corrected chi connectivity index (χ4v) is 4.48. The first kappa shape index (κ1) is 17.1. The maximum absolute atomic E-state index is 6.74. The number of halogens is 1. The fraction of sp³-hybridized carbons (Fsp3) is 0.684. The second kappa shape index (κ2) is 7.87. The third-order valence-electron chi connectivity index (χ3n) is 5.46. The largest absolute Gasteiger partial charge is 0.378 e. The Kier molecular flexibility index (Phi) is 5.84. The summed E-state index contributed by atoms with van der Waals surface area (Å²) in [5, 5.41) is 4.42. The van der Waals surface area contributed by atoms with Crippen LogP contribution >= 0.6 is 11.6 Å². The molecule has 1 saturated carbocycles. The molecule has 1 atom stereocenters. The lowest BCUT2D eigenvalue weighted by Gasteiger charge is -2.41. The minimum absolute atomic E-state index is 0.487. The van der Waals surface area contributed by atoms with Gasteiger partial charge in [-0.2, -0.15) is 0 Å².